The molecule has 0 saturated carbocycles. The highest BCUT2D eigenvalue weighted by atomic mass is 16.5. The molecule has 0 saturated heterocycles. The molecule has 6 heteroatoms. The number of hydrogen-bond acceptors (Lipinski definition) is 5. The van der Waals surface area contributed by atoms with Gasteiger partial charge in [0.1, 0.15) is 23.2 Å². The molecular formula is C24H23N3O3. The second kappa shape index (κ2) is 8.29. The van der Waals surface area contributed by atoms with Gasteiger partial charge in [0.05, 0.1) is 19.7 Å². The Morgan fingerprint density at radius 2 is 1.57 bits per heavy atom. The number of Topliss-reactive ketones (excluding diaryl/α,β-unsaturated/α-hetero) is 1. The van der Waals surface area contributed by atoms with Gasteiger partial charge in [0.25, 0.3) is 0 Å². The van der Waals surface area contributed by atoms with Gasteiger partial charge in [0, 0.05) is 36.3 Å². The number of carbonyl (C=O) groups is 1. The summed E-state index contributed by atoms with van der Waals surface area (Å²) in [5, 5.41) is 8.71. The predicted molar refractivity (Wildman–Crippen MR) is 117 cm³/mol. The molecule has 0 aliphatic carbocycles. The Morgan fingerprint density at radius 1 is 0.933 bits per heavy atom. The smallest absolute Gasteiger partial charge is 0.210 e. The van der Waals surface area contributed by atoms with Gasteiger partial charge in [-0.25, -0.2) is 0 Å². The summed E-state index contributed by atoms with van der Waals surface area (Å²) < 4.78 is 12.5. The average Bonchev–Trinajstić information content (AvgIpc) is 3.14. The van der Waals surface area contributed by atoms with Crippen molar-refractivity contribution in [1.29, 1.82) is 0 Å². The molecule has 1 atom stereocenters. The molecular weight excluding hydrogens is 378 g/mol. The fourth-order valence-corrected chi connectivity index (χ4v) is 3.54. The first-order chi connectivity index (χ1) is 14.6. The summed E-state index contributed by atoms with van der Waals surface area (Å²) in [5.41, 5.74) is 2.91. The monoisotopic (exact) mass is 401 g/mol. The summed E-state index contributed by atoms with van der Waals surface area (Å²) in [6, 6.07) is 22.2. The predicted octanol–water partition coefficient (Wildman–Crippen LogP) is 4.63. The number of fused-ring (bicyclic) bond motifs is 1. The molecule has 0 aliphatic rings. The van der Waals surface area contributed by atoms with Gasteiger partial charge in [-0.15, -0.1) is 0 Å². The van der Waals surface area contributed by atoms with Crippen molar-refractivity contribution in [1.82, 2.24) is 9.78 Å². The van der Waals surface area contributed by atoms with Crippen LogP contribution in [-0.4, -0.2) is 29.8 Å². The summed E-state index contributed by atoms with van der Waals surface area (Å²) in [6.07, 6.45) is 0. The fraction of sp³-hybridized carbons (Fsp3) is 0.167. The topological polar surface area (TPSA) is 65.4 Å². The number of methoxy groups -OCH3 is 2. The molecule has 0 fully saturated rings. The third kappa shape index (κ3) is 3.72. The first-order valence-electron chi connectivity index (χ1n) is 9.61. The minimum atomic E-state index is -0.624. The number of benzene rings is 3. The van der Waals surface area contributed by atoms with E-state index < -0.39 is 6.04 Å². The Balaban J connectivity index is 1.78. The highest BCUT2D eigenvalue weighted by Gasteiger charge is 2.26. The van der Waals surface area contributed by atoms with E-state index in [1.165, 1.54) is 0 Å². The van der Waals surface area contributed by atoms with E-state index in [0.717, 1.165) is 16.5 Å². The lowest BCUT2D eigenvalue weighted by atomic mass is 9.98. The first kappa shape index (κ1) is 19.5. The van der Waals surface area contributed by atoms with Gasteiger partial charge in [0.2, 0.25) is 5.78 Å². The number of carbonyl (C=O) groups excluding carboxylic acids is 1. The number of aryl methyl sites for hydroxylation is 1. The molecule has 6 nitrogen and oxygen atoms in total. The lowest BCUT2D eigenvalue weighted by Gasteiger charge is -2.20. The zero-order valence-corrected chi connectivity index (χ0v) is 17.1. The van der Waals surface area contributed by atoms with Crippen LogP contribution in [0, 0.1) is 0 Å². The van der Waals surface area contributed by atoms with E-state index in [4.69, 9.17) is 9.47 Å². The van der Waals surface area contributed by atoms with E-state index in [9.17, 15) is 4.79 Å². The molecule has 152 valence electrons. The van der Waals surface area contributed by atoms with Crippen LogP contribution in [0.3, 0.4) is 0 Å². The quantitative estimate of drug-likeness (QED) is 0.458. The Bertz CT molecular complexity index is 1160. The van der Waals surface area contributed by atoms with Crippen LogP contribution in [-0.2, 0) is 7.05 Å². The summed E-state index contributed by atoms with van der Waals surface area (Å²) >= 11 is 0. The van der Waals surface area contributed by atoms with E-state index in [-0.39, 0.29) is 5.78 Å². The Labute approximate surface area is 175 Å². The minimum absolute atomic E-state index is 0.111. The summed E-state index contributed by atoms with van der Waals surface area (Å²) in [4.78, 5) is 13.7. The molecule has 0 amide bonds. The molecule has 0 spiro atoms. The zero-order valence-electron chi connectivity index (χ0n) is 17.1. The highest BCUT2D eigenvalue weighted by Crippen LogP contribution is 2.31. The van der Waals surface area contributed by atoms with Crippen LogP contribution in [0.15, 0.2) is 72.8 Å². The standard InChI is InChI=1S/C24H23N3O3/c1-27-21-12-8-7-11-20(21)23(26-27)24(28)22(16-9-5-4-6-10-16)25-17-13-18(29-2)15-19(14-17)30-3/h4-15,22,25H,1-3H3. The number of para-hydroxylation sites is 1. The maximum atomic E-state index is 13.7. The highest BCUT2D eigenvalue weighted by molar-refractivity contribution is 6.09. The largest absolute Gasteiger partial charge is 0.497 e. The van der Waals surface area contributed by atoms with Crippen molar-refractivity contribution in [2.24, 2.45) is 7.05 Å². The van der Waals surface area contributed by atoms with Crippen LogP contribution in [0.25, 0.3) is 10.9 Å². The number of rotatable bonds is 7. The molecule has 4 aromatic rings. The van der Waals surface area contributed by atoms with Crippen molar-refractivity contribution in [3.05, 3.63) is 84.1 Å². The van der Waals surface area contributed by atoms with Crippen LogP contribution in [0.2, 0.25) is 0 Å². The minimum Gasteiger partial charge on any atom is -0.497 e. The summed E-state index contributed by atoms with van der Waals surface area (Å²) in [7, 11) is 5.04. The van der Waals surface area contributed by atoms with Gasteiger partial charge >= 0.3 is 0 Å². The molecule has 3 aromatic carbocycles. The average molecular weight is 401 g/mol. The van der Waals surface area contributed by atoms with Crippen molar-refractivity contribution in [2.75, 3.05) is 19.5 Å². The van der Waals surface area contributed by atoms with Gasteiger partial charge in [0.15, 0.2) is 0 Å². The normalized spacial score (nSPS) is 11.8. The van der Waals surface area contributed by atoms with E-state index >= 15 is 0 Å². The van der Waals surface area contributed by atoms with Crippen LogP contribution in [0.1, 0.15) is 22.1 Å². The van der Waals surface area contributed by atoms with Crippen LogP contribution >= 0.6 is 0 Å². The molecule has 0 aliphatic heterocycles. The number of ether oxygens (including phenoxy) is 2. The van der Waals surface area contributed by atoms with E-state index in [2.05, 4.69) is 10.4 Å². The van der Waals surface area contributed by atoms with Gasteiger partial charge in [-0.2, -0.15) is 5.10 Å². The van der Waals surface area contributed by atoms with E-state index in [0.29, 0.717) is 22.9 Å². The van der Waals surface area contributed by atoms with Crippen LogP contribution < -0.4 is 14.8 Å². The van der Waals surface area contributed by atoms with Gasteiger partial charge in [-0.3, -0.25) is 9.48 Å². The number of ketones is 1. The van der Waals surface area contributed by atoms with Crippen molar-refractivity contribution >= 4 is 22.4 Å². The maximum Gasteiger partial charge on any atom is 0.210 e. The summed E-state index contributed by atoms with van der Waals surface area (Å²) in [6.45, 7) is 0. The number of anilines is 1. The molecule has 1 N–H and O–H groups in total. The second-order valence-corrected chi connectivity index (χ2v) is 6.94. The van der Waals surface area contributed by atoms with Gasteiger partial charge in [-0.05, 0) is 11.6 Å². The van der Waals surface area contributed by atoms with Crippen molar-refractivity contribution in [3.63, 3.8) is 0 Å². The SMILES string of the molecule is COc1cc(NC(C(=O)c2nn(C)c3ccccc23)c2ccccc2)cc(OC)c1. The van der Waals surface area contributed by atoms with Crippen molar-refractivity contribution < 1.29 is 14.3 Å². The van der Waals surface area contributed by atoms with Crippen LogP contribution in [0.4, 0.5) is 5.69 Å². The molecule has 30 heavy (non-hydrogen) atoms. The lowest BCUT2D eigenvalue weighted by Crippen LogP contribution is -2.22. The molecule has 0 radical (unpaired) electrons. The van der Waals surface area contributed by atoms with Crippen molar-refractivity contribution in [2.45, 2.75) is 6.04 Å². The third-order valence-corrected chi connectivity index (χ3v) is 5.05. The molecule has 4 rings (SSSR count). The number of nitrogens with zero attached hydrogens (tertiary/aromatic N) is 2. The van der Waals surface area contributed by atoms with Gasteiger partial charge in [-0.1, -0.05) is 48.5 Å². The fourth-order valence-electron chi connectivity index (χ4n) is 3.54. The number of aromatic nitrogens is 2. The van der Waals surface area contributed by atoms with Gasteiger partial charge < -0.3 is 14.8 Å². The molecule has 0 bridgehead atoms. The molecule has 1 aromatic heterocycles. The Morgan fingerprint density at radius 3 is 2.23 bits per heavy atom. The zero-order chi connectivity index (χ0) is 21.1. The number of nitrogens with one attached hydrogen (secondary N) is 1. The van der Waals surface area contributed by atoms with Crippen LogP contribution in [0.5, 0.6) is 11.5 Å². The Hall–Kier alpha value is -3.80. The van der Waals surface area contributed by atoms with Crippen molar-refractivity contribution in [3.8, 4) is 11.5 Å². The summed E-state index contributed by atoms with van der Waals surface area (Å²) in [5.74, 6) is 1.17. The first-order valence-corrected chi connectivity index (χ1v) is 9.61. The Kier molecular flexibility index (Phi) is 5.39. The van der Waals surface area contributed by atoms with E-state index in [1.54, 1.807) is 25.0 Å². The van der Waals surface area contributed by atoms with E-state index in [1.807, 2.05) is 73.8 Å². The lowest BCUT2D eigenvalue weighted by molar-refractivity contribution is 0.0965. The molecule has 1 unspecified atom stereocenters. The maximum absolute atomic E-state index is 13.7. The third-order valence-electron chi connectivity index (χ3n) is 5.05. The number of hydrogen-bond donors (Lipinski definition) is 1. The second-order valence-electron chi connectivity index (χ2n) is 6.94. The molecule has 1 heterocycles.